The number of nitrogens with zero attached hydrogens (tertiary/aromatic N) is 2. The zero-order chi connectivity index (χ0) is 10.8. The van der Waals surface area contributed by atoms with Gasteiger partial charge >= 0.3 is 5.97 Å². The van der Waals surface area contributed by atoms with Gasteiger partial charge in [-0.3, -0.25) is 9.69 Å². The molecule has 4 nitrogen and oxygen atoms in total. The normalized spacial score (nSPS) is 15.9. The average Bonchev–Trinajstić information content (AvgIpc) is 2.90. The van der Waals surface area contributed by atoms with Crippen LogP contribution in [0.5, 0.6) is 0 Å². The zero-order valence-electron chi connectivity index (χ0n) is 8.64. The minimum atomic E-state index is -0.756. The first-order valence-corrected chi connectivity index (χ1v) is 5.90. The molecule has 0 amide bonds. The molecule has 5 heteroatoms. The second-order valence-corrected chi connectivity index (χ2v) is 4.95. The molecule has 0 spiro atoms. The topological polar surface area (TPSA) is 53.4 Å². The Morgan fingerprint density at radius 3 is 2.93 bits per heavy atom. The van der Waals surface area contributed by atoms with E-state index >= 15 is 0 Å². The summed E-state index contributed by atoms with van der Waals surface area (Å²) in [6.07, 6.45) is 2.24. The lowest BCUT2D eigenvalue weighted by Gasteiger charge is -2.17. The Balaban J connectivity index is 1.96. The van der Waals surface area contributed by atoms with Gasteiger partial charge in [-0.2, -0.15) is 0 Å². The molecule has 0 radical (unpaired) electrons. The quantitative estimate of drug-likeness (QED) is 0.826. The number of aliphatic carboxylic acids is 1. The Labute approximate surface area is 92.6 Å². The van der Waals surface area contributed by atoms with Crippen molar-refractivity contribution in [2.75, 3.05) is 6.54 Å². The van der Waals surface area contributed by atoms with E-state index in [-0.39, 0.29) is 6.54 Å². The van der Waals surface area contributed by atoms with Crippen LogP contribution in [0.15, 0.2) is 5.38 Å². The number of aromatic nitrogens is 1. The number of carbonyl (C=O) groups is 1. The van der Waals surface area contributed by atoms with E-state index in [0.29, 0.717) is 12.6 Å². The van der Waals surface area contributed by atoms with Gasteiger partial charge in [0.1, 0.15) is 0 Å². The summed E-state index contributed by atoms with van der Waals surface area (Å²) in [5.41, 5.74) is 0.991. The van der Waals surface area contributed by atoms with Crippen LogP contribution in [-0.4, -0.2) is 33.5 Å². The highest BCUT2D eigenvalue weighted by Gasteiger charge is 2.30. The van der Waals surface area contributed by atoms with Gasteiger partial charge in [-0.1, -0.05) is 0 Å². The molecule has 1 heterocycles. The number of thiazole rings is 1. The van der Waals surface area contributed by atoms with Gasteiger partial charge in [0.25, 0.3) is 0 Å². The summed E-state index contributed by atoms with van der Waals surface area (Å²) in [6.45, 7) is 2.76. The summed E-state index contributed by atoms with van der Waals surface area (Å²) >= 11 is 1.61. The maximum Gasteiger partial charge on any atom is 0.317 e. The molecule has 2 rings (SSSR count). The standard InChI is InChI=1S/C10H14N2O2S/c1-7-11-8(6-15-7)4-12(5-10(13)14)9-2-3-9/h6,9H,2-5H2,1H3,(H,13,14). The monoisotopic (exact) mass is 226 g/mol. The molecule has 0 aromatic carbocycles. The maximum atomic E-state index is 10.7. The van der Waals surface area contributed by atoms with Crippen LogP contribution in [-0.2, 0) is 11.3 Å². The van der Waals surface area contributed by atoms with E-state index in [4.69, 9.17) is 5.11 Å². The van der Waals surface area contributed by atoms with Crippen LogP contribution in [0.25, 0.3) is 0 Å². The predicted molar refractivity (Wildman–Crippen MR) is 57.9 cm³/mol. The Bertz CT molecular complexity index is 360. The van der Waals surface area contributed by atoms with E-state index in [1.165, 1.54) is 0 Å². The second-order valence-electron chi connectivity index (χ2n) is 3.89. The second kappa shape index (κ2) is 4.28. The van der Waals surface area contributed by atoms with Crippen LogP contribution in [0.2, 0.25) is 0 Å². The zero-order valence-corrected chi connectivity index (χ0v) is 9.46. The molecular formula is C10H14N2O2S. The Kier molecular flexibility index (Phi) is 3.02. The van der Waals surface area contributed by atoms with Crippen molar-refractivity contribution in [3.05, 3.63) is 16.1 Å². The minimum absolute atomic E-state index is 0.126. The van der Waals surface area contributed by atoms with Crippen molar-refractivity contribution in [2.24, 2.45) is 0 Å². The van der Waals surface area contributed by atoms with Crippen molar-refractivity contribution in [1.82, 2.24) is 9.88 Å². The molecule has 1 saturated carbocycles. The molecule has 0 unspecified atom stereocenters. The molecule has 1 aliphatic rings. The SMILES string of the molecule is Cc1nc(CN(CC(=O)O)C2CC2)cs1. The van der Waals surface area contributed by atoms with Crippen molar-refractivity contribution in [2.45, 2.75) is 32.4 Å². The first kappa shape index (κ1) is 10.6. The molecule has 0 saturated heterocycles. The lowest BCUT2D eigenvalue weighted by Crippen LogP contribution is -2.31. The van der Waals surface area contributed by atoms with Crippen LogP contribution in [0.4, 0.5) is 0 Å². The molecule has 1 aromatic heterocycles. The van der Waals surface area contributed by atoms with Gasteiger partial charge in [0, 0.05) is 18.0 Å². The fourth-order valence-corrected chi connectivity index (χ4v) is 2.22. The lowest BCUT2D eigenvalue weighted by atomic mass is 10.4. The highest BCUT2D eigenvalue weighted by atomic mass is 32.1. The molecular weight excluding hydrogens is 212 g/mol. The van der Waals surface area contributed by atoms with Crippen LogP contribution >= 0.6 is 11.3 Å². The third kappa shape index (κ3) is 3.00. The summed E-state index contributed by atoms with van der Waals surface area (Å²) in [5.74, 6) is -0.756. The van der Waals surface area contributed by atoms with Crippen molar-refractivity contribution in [1.29, 1.82) is 0 Å². The number of hydrogen-bond donors (Lipinski definition) is 1. The van der Waals surface area contributed by atoms with Crippen molar-refractivity contribution in [3.8, 4) is 0 Å². The minimum Gasteiger partial charge on any atom is -0.480 e. The Hall–Kier alpha value is -0.940. The van der Waals surface area contributed by atoms with Gasteiger partial charge in [0.15, 0.2) is 0 Å². The largest absolute Gasteiger partial charge is 0.480 e. The first-order valence-electron chi connectivity index (χ1n) is 5.02. The summed E-state index contributed by atoms with van der Waals surface area (Å²) in [4.78, 5) is 17.0. The number of rotatable bonds is 5. The van der Waals surface area contributed by atoms with Crippen LogP contribution < -0.4 is 0 Å². The van der Waals surface area contributed by atoms with Gasteiger partial charge in [0.2, 0.25) is 0 Å². The molecule has 1 N–H and O–H groups in total. The molecule has 15 heavy (non-hydrogen) atoms. The van der Waals surface area contributed by atoms with Crippen molar-refractivity contribution in [3.63, 3.8) is 0 Å². The number of aryl methyl sites for hydroxylation is 1. The van der Waals surface area contributed by atoms with E-state index in [9.17, 15) is 4.79 Å². The van der Waals surface area contributed by atoms with Gasteiger partial charge in [-0.25, -0.2) is 4.98 Å². The predicted octanol–water partition coefficient (Wildman–Crippen LogP) is 1.50. The molecule has 82 valence electrons. The Morgan fingerprint density at radius 2 is 2.47 bits per heavy atom. The maximum absolute atomic E-state index is 10.7. The molecule has 0 bridgehead atoms. The Morgan fingerprint density at radius 1 is 1.73 bits per heavy atom. The fraction of sp³-hybridized carbons (Fsp3) is 0.600. The lowest BCUT2D eigenvalue weighted by molar-refractivity contribution is -0.138. The third-order valence-corrected chi connectivity index (χ3v) is 3.26. The molecule has 1 aliphatic carbocycles. The van der Waals surface area contributed by atoms with Crippen molar-refractivity contribution >= 4 is 17.3 Å². The first-order chi connectivity index (χ1) is 7.15. The van der Waals surface area contributed by atoms with Gasteiger partial charge < -0.3 is 5.11 Å². The molecule has 1 aromatic rings. The summed E-state index contributed by atoms with van der Waals surface area (Å²) in [6, 6.07) is 0.461. The van der Waals surface area contributed by atoms with E-state index in [1.54, 1.807) is 11.3 Å². The highest BCUT2D eigenvalue weighted by Crippen LogP contribution is 2.28. The van der Waals surface area contributed by atoms with E-state index in [1.807, 2.05) is 17.2 Å². The molecule has 0 aliphatic heterocycles. The summed E-state index contributed by atoms with van der Waals surface area (Å²) in [5, 5.41) is 11.8. The molecule has 0 atom stereocenters. The third-order valence-electron chi connectivity index (χ3n) is 2.43. The molecule has 1 fully saturated rings. The highest BCUT2D eigenvalue weighted by molar-refractivity contribution is 7.09. The average molecular weight is 226 g/mol. The fourth-order valence-electron chi connectivity index (χ4n) is 1.62. The van der Waals surface area contributed by atoms with Crippen LogP contribution in [0, 0.1) is 6.92 Å². The summed E-state index contributed by atoms with van der Waals surface area (Å²) < 4.78 is 0. The summed E-state index contributed by atoms with van der Waals surface area (Å²) in [7, 11) is 0. The number of hydrogen-bond acceptors (Lipinski definition) is 4. The van der Waals surface area contributed by atoms with Crippen LogP contribution in [0.3, 0.4) is 0 Å². The van der Waals surface area contributed by atoms with Gasteiger partial charge in [-0.05, 0) is 19.8 Å². The van der Waals surface area contributed by atoms with Gasteiger partial charge in [0.05, 0.1) is 17.2 Å². The number of carboxylic acids is 1. The number of carboxylic acid groups (broad SMARTS) is 1. The van der Waals surface area contributed by atoms with E-state index in [0.717, 1.165) is 23.5 Å². The van der Waals surface area contributed by atoms with Crippen LogP contribution in [0.1, 0.15) is 23.5 Å². The van der Waals surface area contributed by atoms with Crippen molar-refractivity contribution < 1.29 is 9.90 Å². The smallest absolute Gasteiger partial charge is 0.317 e. The van der Waals surface area contributed by atoms with E-state index in [2.05, 4.69) is 4.98 Å². The van der Waals surface area contributed by atoms with E-state index < -0.39 is 5.97 Å². The van der Waals surface area contributed by atoms with Gasteiger partial charge in [-0.15, -0.1) is 11.3 Å².